The minimum absolute atomic E-state index is 0.0291. The van der Waals surface area contributed by atoms with E-state index >= 15 is 0 Å². The van der Waals surface area contributed by atoms with Crippen molar-refractivity contribution in [3.8, 4) is 5.75 Å². The number of carbonyl (C=O) groups is 1. The molecular formula is C21H26N2O2. The Morgan fingerprint density at radius 2 is 1.72 bits per heavy atom. The van der Waals surface area contributed by atoms with Crippen molar-refractivity contribution in [1.82, 2.24) is 0 Å². The van der Waals surface area contributed by atoms with Gasteiger partial charge >= 0.3 is 0 Å². The van der Waals surface area contributed by atoms with E-state index in [1.54, 1.807) is 0 Å². The molecule has 1 heterocycles. The van der Waals surface area contributed by atoms with Gasteiger partial charge in [-0.1, -0.05) is 17.7 Å². The number of aryl methyl sites for hydroxylation is 1. The Labute approximate surface area is 149 Å². The van der Waals surface area contributed by atoms with Crippen LogP contribution in [0.4, 0.5) is 11.4 Å². The number of nitrogens with zero attached hydrogens (tertiary/aromatic N) is 1. The van der Waals surface area contributed by atoms with Crippen LogP contribution in [0.2, 0.25) is 0 Å². The predicted octanol–water partition coefficient (Wildman–Crippen LogP) is 4.39. The summed E-state index contributed by atoms with van der Waals surface area (Å²) in [4.78, 5) is 14.4. The van der Waals surface area contributed by atoms with E-state index in [-0.39, 0.29) is 5.91 Å². The third-order valence-corrected chi connectivity index (χ3v) is 4.46. The number of ether oxygens (including phenoxy) is 1. The average molecular weight is 338 g/mol. The van der Waals surface area contributed by atoms with Crippen molar-refractivity contribution >= 4 is 17.3 Å². The van der Waals surface area contributed by atoms with Crippen LogP contribution in [0, 0.1) is 6.92 Å². The molecule has 132 valence electrons. The second kappa shape index (κ2) is 8.56. The fourth-order valence-electron chi connectivity index (χ4n) is 3.01. The standard InChI is InChI=1S/C21H26N2O2/c1-17-6-12-20(13-7-17)25-16-4-5-21(24)22-18-8-10-19(11-9-18)23-14-2-3-15-23/h6-13H,2-5,14-16H2,1H3,(H,22,24). The van der Waals surface area contributed by atoms with Crippen molar-refractivity contribution in [2.75, 3.05) is 29.9 Å². The number of hydrogen-bond acceptors (Lipinski definition) is 3. The van der Waals surface area contributed by atoms with Crippen LogP contribution in [0.1, 0.15) is 31.2 Å². The molecule has 2 aromatic rings. The summed E-state index contributed by atoms with van der Waals surface area (Å²) in [5.41, 5.74) is 3.30. The summed E-state index contributed by atoms with van der Waals surface area (Å²) >= 11 is 0. The summed E-state index contributed by atoms with van der Waals surface area (Å²) in [6, 6.07) is 16.1. The lowest BCUT2D eigenvalue weighted by Crippen LogP contribution is -2.17. The molecule has 1 aliphatic heterocycles. The highest BCUT2D eigenvalue weighted by atomic mass is 16.5. The molecule has 1 amide bonds. The van der Waals surface area contributed by atoms with Crippen molar-refractivity contribution in [2.45, 2.75) is 32.6 Å². The molecule has 0 atom stereocenters. The molecule has 4 nitrogen and oxygen atoms in total. The van der Waals surface area contributed by atoms with Gasteiger partial charge in [-0.05, 0) is 62.6 Å². The Morgan fingerprint density at radius 3 is 2.40 bits per heavy atom. The fourth-order valence-corrected chi connectivity index (χ4v) is 3.01. The Bertz CT molecular complexity index is 674. The molecular weight excluding hydrogens is 312 g/mol. The first-order chi connectivity index (χ1) is 12.2. The molecule has 0 unspecified atom stereocenters. The molecule has 0 radical (unpaired) electrons. The summed E-state index contributed by atoms with van der Waals surface area (Å²) in [5.74, 6) is 0.880. The van der Waals surface area contributed by atoms with Gasteiger partial charge in [0.15, 0.2) is 0 Å². The Balaban J connectivity index is 1.37. The van der Waals surface area contributed by atoms with Gasteiger partial charge in [0.05, 0.1) is 6.61 Å². The molecule has 3 rings (SSSR count). The van der Waals surface area contributed by atoms with Crippen LogP contribution >= 0.6 is 0 Å². The van der Waals surface area contributed by atoms with E-state index in [1.807, 2.05) is 43.3 Å². The van der Waals surface area contributed by atoms with Gasteiger partial charge in [0, 0.05) is 30.9 Å². The number of carbonyl (C=O) groups excluding carboxylic acids is 1. The number of anilines is 2. The third-order valence-electron chi connectivity index (χ3n) is 4.46. The van der Waals surface area contributed by atoms with Crippen molar-refractivity contribution < 1.29 is 9.53 Å². The van der Waals surface area contributed by atoms with Crippen molar-refractivity contribution in [3.05, 3.63) is 54.1 Å². The van der Waals surface area contributed by atoms with Gasteiger partial charge in [0.2, 0.25) is 5.91 Å². The third kappa shape index (κ3) is 5.24. The first-order valence-electron chi connectivity index (χ1n) is 9.05. The van der Waals surface area contributed by atoms with Gasteiger partial charge in [-0.3, -0.25) is 4.79 Å². The summed E-state index contributed by atoms with van der Waals surface area (Å²) in [7, 11) is 0. The van der Waals surface area contributed by atoms with E-state index < -0.39 is 0 Å². The molecule has 0 spiro atoms. The summed E-state index contributed by atoms with van der Waals surface area (Å²) in [6.45, 7) is 4.86. The highest BCUT2D eigenvalue weighted by molar-refractivity contribution is 5.90. The first kappa shape index (κ1) is 17.3. The second-order valence-corrected chi connectivity index (χ2v) is 6.55. The average Bonchev–Trinajstić information content (AvgIpc) is 3.15. The van der Waals surface area contributed by atoms with E-state index in [4.69, 9.17) is 4.74 Å². The zero-order valence-electron chi connectivity index (χ0n) is 14.8. The smallest absolute Gasteiger partial charge is 0.224 e. The highest BCUT2D eigenvalue weighted by Gasteiger charge is 2.12. The molecule has 0 aliphatic carbocycles. The Hall–Kier alpha value is -2.49. The number of hydrogen-bond donors (Lipinski definition) is 1. The van der Waals surface area contributed by atoms with Crippen LogP contribution in [0.25, 0.3) is 0 Å². The lowest BCUT2D eigenvalue weighted by Gasteiger charge is -2.17. The van der Waals surface area contributed by atoms with E-state index in [1.165, 1.54) is 24.1 Å². The summed E-state index contributed by atoms with van der Waals surface area (Å²) in [6.07, 6.45) is 3.69. The molecule has 2 aromatic carbocycles. The predicted molar refractivity (Wildman–Crippen MR) is 102 cm³/mol. The molecule has 1 fully saturated rings. The maximum absolute atomic E-state index is 12.0. The normalized spacial score (nSPS) is 13.7. The quantitative estimate of drug-likeness (QED) is 0.761. The Morgan fingerprint density at radius 1 is 1.04 bits per heavy atom. The van der Waals surface area contributed by atoms with Gasteiger partial charge in [-0.2, -0.15) is 0 Å². The van der Waals surface area contributed by atoms with Crippen molar-refractivity contribution in [2.24, 2.45) is 0 Å². The lowest BCUT2D eigenvalue weighted by atomic mass is 10.2. The van der Waals surface area contributed by atoms with Crippen LogP contribution in [0.15, 0.2) is 48.5 Å². The second-order valence-electron chi connectivity index (χ2n) is 6.55. The number of benzene rings is 2. The molecule has 25 heavy (non-hydrogen) atoms. The minimum atomic E-state index is 0.0291. The van der Waals surface area contributed by atoms with Gasteiger partial charge in [-0.15, -0.1) is 0 Å². The molecule has 0 bridgehead atoms. The zero-order chi connectivity index (χ0) is 17.5. The molecule has 1 N–H and O–H groups in total. The summed E-state index contributed by atoms with van der Waals surface area (Å²) < 4.78 is 5.65. The maximum atomic E-state index is 12.0. The van der Waals surface area contributed by atoms with Gasteiger partial charge in [0.1, 0.15) is 5.75 Å². The number of nitrogens with one attached hydrogen (secondary N) is 1. The molecule has 0 saturated carbocycles. The SMILES string of the molecule is Cc1ccc(OCCCC(=O)Nc2ccc(N3CCCC3)cc2)cc1. The van der Waals surface area contributed by atoms with E-state index in [2.05, 4.69) is 22.3 Å². The molecule has 0 aromatic heterocycles. The van der Waals surface area contributed by atoms with Crippen LogP contribution in [-0.4, -0.2) is 25.6 Å². The van der Waals surface area contributed by atoms with Crippen LogP contribution in [0.3, 0.4) is 0 Å². The zero-order valence-corrected chi connectivity index (χ0v) is 14.8. The van der Waals surface area contributed by atoms with E-state index in [0.717, 1.165) is 24.5 Å². The topological polar surface area (TPSA) is 41.6 Å². The first-order valence-corrected chi connectivity index (χ1v) is 9.05. The van der Waals surface area contributed by atoms with Gasteiger partial charge < -0.3 is 15.0 Å². The molecule has 1 saturated heterocycles. The number of amides is 1. The highest BCUT2D eigenvalue weighted by Crippen LogP contribution is 2.22. The minimum Gasteiger partial charge on any atom is -0.494 e. The molecule has 1 aliphatic rings. The van der Waals surface area contributed by atoms with Crippen LogP contribution < -0.4 is 15.0 Å². The van der Waals surface area contributed by atoms with E-state index in [9.17, 15) is 4.79 Å². The van der Waals surface area contributed by atoms with Crippen LogP contribution in [0.5, 0.6) is 5.75 Å². The fraction of sp³-hybridized carbons (Fsp3) is 0.381. The monoisotopic (exact) mass is 338 g/mol. The summed E-state index contributed by atoms with van der Waals surface area (Å²) in [5, 5.41) is 2.95. The lowest BCUT2D eigenvalue weighted by molar-refractivity contribution is -0.116. The molecule has 4 heteroatoms. The van der Waals surface area contributed by atoms with Gasteiger partial charge in [-0.25, -0.2) is 0 Å². The van der Waals surface area contributed by atoms with Crippen LogP contribution in [-0.2, 0) is 4.79 Å². The van der Waals surface area contributed by atoms with E-state index in [0.29, 0.717) is 19.4 Å². The van der Waals surface area contributed by atoms with Crippen molar-refractivity contribution in [3.63, 3.8) is 0 Å². The van der Waals surface area contributed by atoms with Crippen molar-refractivity contribution in [1.29, 1.82) is 0 Å². The number of rotatable bonds is 7. The maximum Gasteiger partial charge on any atom is 0.224 e. The Kier molecular flexibility index (Phi) is 5.94. The largest absolute Gasteiger partial charge is 0.494 e. The van der Waals surface area contributed by atoms with Gasteiger partial charge in [0.25, 0.3) is 0 Å².